The van der Waals surface area contributed by atoms with Crippen molar-refractivity contribution in [2.45, 2.75) is 25.3 Å². The van der Waals surface area contributed by atoms with Crippen LogP contribution in [0.3, 0.4) is 0 Å². The van der Waals surface area contributed by atoms with Crippen LogP contribution < -0.4 is 5.73 Å². The maximum atomic E-state index is 10.8. The maximum absolute atomic E-state index is 10.8. The van der Waals surface area contributed by atoms with Crippen molar-refractivity contribution in [3.63, 3.8) is 0 Å². The van der Waals surface area contributed by atoms with Gasteiger partial charge in [0.25, 0.3) is 0 Å². The van der Waals surface area contributed by atoms with Crippen LogP contribution in [0.2, 0.25) is 0 Å². The molecule has 1 saturated carbocycles. The lowest BCUT2D eigenvalue weighted by atomic mass is 9.77. The van der Waals surface area contributed by atoms with Crippen molar-refractivity contribution in [2.75, 3.05) is 0 Å². The first-order valence-electron chi connectivity index (χ1n) is 5.43. The summed E-state index contributed by atoms with van der Waals surface area (Å²) in [6.45, 7) is 0. The molecule has 17 heavy (non-hydrogen) atoms. The number of rotatable bonds is 3. The van der Waals surface area contributed by atoms with E-state index in [9.17, 15) is 15.2 Å². The first-order chi connectivity index (χ1) is 8.00. The molecule has 3 N–H and O–H groups in total. The quantitative estimate of drug-likeness (QED) is 0.663. The Balaban J connectivity index is 2.41. The summed E-state index contributed by atoms with van der Waals surface area (Å²) in [5.74, 6) is 0.00686. The molecule has 0 unspecified atom stereocenters. The molecule has 1 aliphatic carbocycles. The third-order valence-corrected chi connectivity index (χ3v) is 3.76. The van der Waals surface area contributed by atoms with Crippen molar-refractivity contribution in [3.8, 4) is 5.75 Å². The third-order valence-electron chi connectivity index (χ3n) is 3.30. The van der Waals surface area contributed by atoms with E-state index < -0.39 is 4.92 Å². The molecule has 1 atom stereocenters. The van der Waals surface area contributed by atoms with E-state index in [0.29, 0.717) is 16.0 Å². The number of hydrogen-bond donors (Lipinski definition) is 2. The maximum Gasteiger partial charge on any atom is 0.312 e. The van der Waals surface area contributed by atoms with E-state index in [1.54, 1.807) is 6.07 Å². The monoisotopic (exact) mass is 300 g/mol. The van der Waals surface area contributed by atoms with Crippen LogP contribution in [-0.2, 0) is 0 Å². The lowest BCUT2D eigenvalue weighted by molar-refractivity contribution is -0.386. The van der Waals surface area contributed by atoms with E-state index in [1.807, 2.05) is 0 Å². The van der Waals surface area contributed by atoms with Gasteiger partial charge in [-0.05, 0) is 24.8 Å². The Morgan fingerprint density at radius 3 is 2.65 bits per heavy atom. The molecule has 1 fully saturated rings. The molecule has 0 radical (unpaired) electrons. The van der Waals surface area contributed by atoms with Crippen LogP contribution in [-0.4, -0.2) is 10.0 Å². The molecule has 0 spiro atoms. The number of aromatic hydroxyl groups is 1. The van der Waals surface area contributed by atoms with E-state index >= 15 is 0 Å². The fraction of sp³-hybridized carbons (Fsp3) is 0.455. The zero-order valence-corrected chi connectivity index (χ0v) is 10.7. The Labute approximate surface area is 107 Å². The SMILES string of the molecule is N[C@H](c1cc(Br)cc([N+](=O)[O-])c1O)C1CCC1. The van der Waals surface area contributed by atoms with Crippen LogP contribution >= 0.6 is 15.9 Å². The first kappa shape index (κ1) is 12.3. The fourth-order valence-electron chi connectivity index (χ4n) is 2.05. The standard InChI is InChI=1S/C11H13BrN2O3/c12-7-4-8(10(13)6-2-1-3-6)11(15)9(5-7)14(16)17/h4-6,10,15H,1-3,13H2/t10-/m0/s1. The Bertz CT molecular complexity index is 460. The lowest BCUT2D eigenvalue weighted by Crippen LogP contribution is -2.27. The van der Waals surface area contributed by atoms with Crippen LogP contribution in [0.5, 0.6) is 5.75 Å². The van der Waals surface area contributed by atoms with Gasteiger partial charge in [0.2, 0.25) is 0 Å². The Morgan fingerprint density at radius 1 is 1.53 bits per heavy atom. The molecule has 6 heteroatoms. The molecule has 0 heterocycles. The predicted molar refractivity (Wildman–Crippen MR) is 66.7 cm³/mol. The van der Waals surface area contributed by atoms with Crippen LogP contribution in [0.25, 0.3) is 0 Å². The van der Waals surface area contributed by atoms with E-state index in [2.05, 4.69) is 15.9 Å². The molecule has 5 nitrogen and oxygen atoms in total. The van der Waals surface area contributed by atoms with Gasteiger partial charge in [-0.15, -0.1) is 0 Å². The highest BCUT2D eigenvalue weighted by Crippen LogP contribution is 2.43. The number of hydrogen-bond acceptors (Lipinski definition) is 4. The summed E-state index contributed by atoms with van der Waals surface area (Å²) in [6.07, 6.45) is 3.16. The zero-order valence-electron chi connectivity index (χ0n) is 9.10. The smallest absolute Gasteiger partial charge is 0.312 e. The topological polar surface area (TPSA) is 89.4 Å². The molecule has 0 aromatic heterocycles. The largest absolute Gasteiger partial charge is 0.502 e. The van der Waals surface area contributed by atoms with E-state index in [-0.39, 0.29) is 17.5 Å². The molecule has 1 aromatic carbocycles. The van der Waals surface area contributed by atoms with Crippen molar-refractivity contribution >= 4 is 21.6 Å². The molecule has 1 aliphatic rings. The molecule has 0 amide bonds. The van der Waals surface area contributed by atoms with Crippen LogP contribution in [0.15, 0.2) is 16.6 Å². The second kappa shape index (κ2) is 4.62. The van der Waals surface area contributed by atoms with Crippen molar-refractivity contribution in [3.05, 3.63) is 32.3 Å². The van der Waals surface area contributed by atoms with Gasteiger partial charge in [0.1, 0.15) is 0 Å². The van der Waals surface area contributed by atoms with E-state index in [4.69, 9.17) is 5.73 Å². The van der Waals surface area contributed by atoms with Crippen LogP contribution in [0, 0.1) is 16.0 Å². The van der Waals surface area contributed by atoms with Gasteiger partial charge in [0.15, 0.2) is 5.75 Å². The van der Waals surface area contributed by atoms with Crippen molar-refractivity contribution in [2.24, 2.45) is 11.7 Å². The van der Waals surface area contributed by atoms with Gasteiger partial charge in [0, 0.05) is 22.1 Å². The van der Waals surface area contributed by atoms with Crippen molar-refractivity contribution in [1.82, 2.24) is 0 Å². The minimum absolute atomic E-state index is 0.302. The van der Waals surface area contributed by atoms with E-state index in [1.165, 1.54) is 6.07 Å². The molecule has 1 aromatic rings. The van der Waals surface area contributed by atoms with Gasteiger partial charge in [-0.2, -0.15) is 0 Å². The molecule has 92 valence electrons. The van der Waals surface area contributed by atoms with Gasteiger partial charge in [-0.25, -0.2) is 0 Å². The Hall–Kier alpha value is -1.14. The number of nitro benzene ring substituents is 1. The number of nitrogens with two attached hydrogens (primary N) is 1. The second-order valence-electron chi connectivity index (χ2n) is 4.34. The fourth-order valence-corrected chi connectivity index (χ4v) is 2.52. The average molecular weight is 301 g/mol. The molecular formula is C11H13BrN2O3. The first-order valence-corrected chi connectivity index (χ1v) is 6.22. The summed E-state index contributed by atoms with van der Waals surface area (Å²) in [5, 5.41) is 20.7. The van der Waals surface area contributed by atoms with Gasteiger partial charge in [-0.1, -0.05) is 22.4 Å². The van der Waals surface area contributed by atoms with E-state index in [0.717, 1.165) is 19.3 Å². The number of phenols is 1. The number of nitro groups is 1. The third kappa shape index (κ3) is 2.28. The highest BCUT2D eigenvalue weighted by molar-refractivity contribution is 9.10. The van der Waals surface area contributed by atoms with Gasteiger partial charge >= 0.3 is 5.69 Å². The lowest BCUT2D eigenvalue weighted by Gasteiger charge is -2.31. The van der Waals surface area contributed by atoms with Gasteiger partial charge < -0.3 is 10.8 Å². The molecule has 0 bridgehead atoms. The summed E-state index contributed by atoms with van der Waals surface area (Å²) in [7, 11) is 0. The van der Waals surface area contributed by atoms with Gasteiger partial charge in [0.05, 0.1) is 4.92 Å². The molecule has 0 saturated heterocycles. The summed E-state index contributed by atoms with van der Waals surface area (Å²) in [4.78, 5) is 10.2. The highest BCUT2D eigenvalue weighted by Gasteiger charge is 2.30. The summed E-state index contributed by atoms with van der Waals surface area (Å²) >= 11 is 3.20. The molecule has 2 rings (SSSR count). The Kier molecular flexibility index (Phi) is 3.35. The number of halogens is 1. The normalized spacial score (nSPS) is 17.5. The molecular weight excluding hydrogens is 288 g/mol. The second-order valence-corrected chi connectivity index (χ2v) is 5.25. The number of phenolic OH excluding ortho intramolecular Hbond substituents is 1. The Morgan fingerprint density at radius 2 is 2.18 bits per heavy atom. The minimum Gasteiger partial charge on any atom is -0.502 e. The minimum atomic E-state index is -0.600. The van der Waals surface area contributed by atoms with Crippen LogP contribution in [0.4, 0.5) is 5.69 Å². The van der Waals surface area contributed by atoms with Crippen LogP contribution in [0.1, 0.15) is 30.9 Å². The van der Waals surface area contributed by atoms with Crippen molar-refractivity contribution in [1.29, 1.82) is 0 Å². The number of nitrogens with zero attached hydrogens (tertiary/aromatic N) is 1. The van der Waals surface area contributed by atoms with Gasteiger partial charge in [-0.3, -0.25) is 10.1 Å². The zero-order chi connectivity index (χ0) is 12.6. The summed E-state index contributed by atoms with van der Waals surface area (Å²) in [5.41, 5.74) is 6.19. The molecule has 0 aliphatic heterocycles. The summed E-state index contributed by atoms with van der Waals surface area (Å²) in [6, 6.07) is 2.61. The summed E-state index contributed by atoms with van der Waals surface area (Å²) < 4.78 is 0.562. The average Bonchev–Trinajstić information content (AvgIpc) is 2.17. The highest BCUT2D eigenvalue weighted by atomic mass is 79.9. The number of benzene rings is 1. The van der Waals surface area contributed by atoms with Crippen molar-refractivity contribution < 1.29 is 10.0 Å². The predicted octanol–water partition coefficient (Wildman–Crippen LogP) is 2.86.